The number of hydrogen-bond acceptors (Lipinski definition) is 6. The van der Waals surface area contributed by atoms with E-state index in [1.165, 1.54) is 11.1 Å². The van der Waals surface area contributed by atoms with Crippen molar-refractivity contribution >= 4 is 22.6 Å². The maximum Gasteiger partial charge on any atom is 0.344 e. The Morgan fingerprint density at radius 2 is 2.00 bits per heavy atom. The van der Waals surface area contributed by atoms with Crippen LogP contribution in [0.3, 0.4) is 0 Å². The molecule has 1 heterocycles. The Labute approximate surface area is 167 Å². The van der Waals surface area contributed by atoms with Crippen LogP contribution < -0.4 is 4.74 Å². The Morgan fingerprint density at radius 1 is 1.17 bits per heavy atom. The van der Waals surface area contributed by atoms with Gasteiger partial charge in [0.05, 0.1) is 11.0 Å². The van der Waals surface area contributed by atoms with E-state index in [1.807, 2.05) is 42.5 Å². The van der Waals surface area contributed by atoms with E-state index < -0.39 is 12.6 Å². The molecule has 0 saturated carbocycles. The van der Waals surface area contributed by atoms with E-state index in [0.717, 1.165) is 24.8 Å². The number of aromatic amines is 1. The van der Waals surface area contributed by atoms with Gasteiger partial charge in [0.25, 0.3) is 0 Å². The molecule has 146 valence electrons. The highest BCUT2D eigenvalue weighted by molar-refractivity contribution is 5.83. The van der Waals surface area contributed by atoms with Gasteiger partial charge in [-0.15, -0.1) is 0 Å². The summed E-state index contributed by atoms with van der Waals surface area (Å²) in [5.41, 5.74) is 3.91. The van der Waals surface area contributed by atoms with E-state index in [-0.39, 0.29) is 23.8 Å². The third kappa shape index (κ3) is 4.06. The number of hydrogen-bond donors (Lipinski definition) is 2. The molecule has 4 rings (SSSR count). The zero-order valence-electron chi connectivity index (χ0n) is 15.6. The molecule has 29 heavy (non-hydrogen) atoms. The van der Waals surface area contributed by atoms with Crippen molar-refractivity contribution in [3.05, 3.63) is 65.2 Å². The number of aliphatic hydroxyl groups excluding tert-OH is 1. The van der Waals surface area contributed by atoms with E-state index in [4.69, 9.17) is 9.47 Å². The molecule has 0 atom stereocenters. The van der Waals surface area contributed by atoms with E-state index in [1.54, 1.807) is 6.07 Å². The van der Waals surface area contributed by atoms with Gasteiger partial charge in [0.15, 0.2) is 18.2 Å². The number of aryl methyl sites for hydroxylation is 2. The second-order valence-electron chi connectivity index (χ2n) is 6.77. The van der Waals surface area contributed by atoms with E-state index in [0.29, 0.717) is 11.3 Å². The number of ether oxygens (including phenoxy) is 2. The van der Waals surface area contributed by atoms with Gasteiger partial charge in [-0.2, -0.15) is 5.26 Å². The summed E-state index contributed by atoms with van der Waals surface area (Å²) in [5, 5.41) is 19.6. The van der Waals surface area contributed by atoms with Gasteiger partial charge >= 0.3 is 5.97 Å². The van der Waals surface area contributed by atoms with Gasteiger partial charge in [-0.1, -0.05) is 18.2 Å². The van der Waals surface area contributed by atoms with Crippen LogP contribution in [0.1, 0.15) is 23.4 Å². The SMILES string of the molecule is N#C/C(=C(/O)COC(=O)COc1ccc2c(c1)CCC2)c1nc2ccccc2[nH]1. The second kappa shape index (κ2) is 8.07. The molecule has 0 saturated heterocycles. The molecule has 0 fully saturated rings. The normalized spacial score (nSPS) is 13.5. The van der Waals surface area contributed by atoms with Gasteiger partial charge in [0.1, 0.15) is 24.0 Å². The first-order valence-electron chi connectivity index (χ1n) is 9.31. The van der Waals surface area contributed by atoms with Crippen molar-refractivity contribution in [2.24, 2.45) is 0 Å². The molecular formula is C22H19N3O4. The summed E-state index contributed by atoms with van der Waals surface area (Å²) in [5.74, 6) is -0.185. The number of nitriles is 1. The minimum absolute atomic E-state index is 0.0754. The topological polar surface area (TPSA) is 108 Å². The van der Waals surface area contributed by atoms with Gasteiger partial charge in [-0.25, -0.2) is 9.78 Å². The van der Waals surface area contributed by atoms with Crippen LogP contribution in [0, 0.1) is 11.3 Å². The Kier molecular flexibility index (Phi) is 5.16. The highest BCUT2D eigenvalue weighted by atomic mass is 16.6. The lowest BCUT2D eigenvalue weighted by Crippen LogP contribution is -2.16. The lowest BCUT2D eigenvalue weighted by molar-refractivity contribution is -0.145. The maximum atomic E-state index is 12.0. The number of H-pyrrole nitrogens is 1. The predicted octanol–water partition coefficient (Wildman–Crippen LogP) is 3.47. The van der Waals surface area contributed by atoms with Gasteiger partial charge in [-0.3, -0.25) is 0 Å². The van der Waals surface area contributed by atoms with Crippen molar-refractivity contribution in [2.75, 3.05) is 13.2 Å². The molecule has 3 aromatic rings. The van der Waals surface area contributed by atoms with Gasteiger partial charge in [0, 0.05) is 0 Å². The van der Waals surface area contributed by atoms with E-state index in [9.17, 15) is 15.2 Å². The maximum absolute atomic E-state index is 12.0. The highest BCUT2D eigenvalue weighted by Gasteiger charge is 2.16. The number of carbonyl (C=O) groups is 1. The van der Waals surface area contributed by atoms with Crippen LogP contribution in [0.15, 0.2) is 48.2 Å². The standard InChI is InChI=1S/C22H19N3O4/c23-11-17(22-24-18-6-1-2-7-19(18)25-22)20(26)12-29-21(27)13-28-16-9-8-14-4-3-5-15(14)10-16/h1-2,6-10,26H,3-5,12-13H2,(H,24,25)/b20-17-. The number of allylic oxidation sites excluding steroid dienone is 1. The number of aliphatic hydroxyl groups is 1. The average Bonchev–Trinajstić information content (AvgIpc) is 3.37. The average molecular weight is 389 g/mol. The molecule has 0 radical (unpaired) electrons. The largest absolute Gasteiger partial charge is 0.507 e. The lowest BCUT2D eigenvalue weighted by atomic mass is 10.1. The molecule has 7 nitrogen and oxygen atoms in total. The zero-order valence-corrected chi connectivity index (χ0v) is 15.6. The molecule has 2 N–H and O–H groups in total. The van der Waals surface area contributed by atoms with Crippen LogP contribution >= 0.6 is 0 Å². The molecule has 1 aromatic heterocycles. The molecule has 0 bridgehead atoms. The van der Waals surface area contributed by atoms with Crippen LogP contribution in [0.25, 0.3) is 16.6 Å². The monoisotopic (exact) mass is 389 g/mol. The molecular weight excluding hydrogens is 370 g/mol. The molecule has 1 aliphatic rings. The van der Waals surface area contributed by atoms with Crippen LogP contribution in [-0.2, 0) is 22.4 Å². The Bertz CT molecular complexity index is 1110. The minimum atomic E-state index is -0.640. The first-order valence-corrected chi connectivity index (χ1v) is 9.31. The fraction of sp³-hybridized carbons (Fsp3) is 0.227. The number of carbonyl (C=O) groups excluding carboxylic acids is 1. The van der Waals surface area contributed by atoms with Crippen molar-refractivity contribution in [3.8, 4) is 11.8 Å². The van der Waals surface area contributed by atoms with Gasteiger partial charge in [-0.05, 0) is 54.7 Å². The number of esters is 1. The fourth-order valence-corrected chi connectivity index (χ4v) is 3.37. The third-order valence-electron chi connectivity index (χ3n) is 4.82. The predicted molar refractivity (Wildman–Crippen MR) is 106 cm³/mol. The number of aromatic nitrogens is 2. The minimum Gasteiger partial charge on any atom is -0.507 e. The summed E-state index contributed by atoms with van der Waals surface area (Å²) in [7, 11) is 0. The number of para-hydroxylation sites is 2. The van der Waals surface area contributed by atoms with Gasteiger partial charge in [0.2, 0.25) is 0 Å². The van der Waals surface area contributed by atoms with E-state index >= 15 is 0 Å². The first-order chi connectivity index (χ1) is 14.1. The summed E-state index contributed by atoms with van der Waals surface area (Å²) in [6.07, 6.45) is 3.24. The molecule has 0 spiro atoms. The number of rotatable bonds is 6. The number of nitrogens with one attached hydrogen (secondary N) is 1. The number of nitrogens with zero attached hydrogens (tertiary/aromatic N) is 2. The smallest absolute Gasteiger partial charge is 0.344 e. The number of imidazole rings is 1. The first kappa shape index (κ1) is 18.6. The fourth-order valence-electron chi connectivity index (χ4n) is 3.37. The highest BCUT2D eigenvalue weighted by Crippen LogP contribution is 2.26. The lowest BCUT2D eigenvalue weighted by Gasteiger charge is -2.09. The van der Waals surface area contributed by atoms with Crippen molar-refractivity contribution in [2.45, 2.75) is 19.3 Å². The number of fused-ring (bicyclic) bond motifs is 2. The van der Waals surface area contributed by atoms with Crippen molar-refractivity contribution in [1.29, 1.82) is 5.26 Å². The second-order valence-corrected chi connectivity index (χ2v) is 6.77. The summed E-state index contributed by atoms with van der Waals surface area (Å²) in [6.45, 7) is -0.717. The van der Waals surface area contributed by atoms with Crippen molar-refractivity contribution in [1.82, 2.24) is 9.97 Å². The van der Waals surface area contributed by atoms with Crippen LogP contribution in [-0.4, -0.2) is 34.3 Å². The quantitative estimate of drug-likeness (QED) is 0.380. The molecule has 0 aliphatic heterocycles. The van der Waals surface area contributed by atoms with Crippen LogP contribution in [0.5, 0.6) is 5.75 Å². The molecule has 0 amide bonds. The van der Waals surface area contributed by atoms with Crippen molar-refractivity contribution in [3.63, 3.8) is 0 Å². The molecule has 7 heteroatoms. The van der Waals surface area contributed by atoms with Gasteiger partial charge < -0.3 is 19.6 Å². The molecule has 2 aromatic carbocycles. The summed E-state index contributed by atoms with van der Waals surface area (Å²) in [4.78, 5) is 19.2. The zero-order chi connectivity index (χ0) is 20.2. The Morgan fingerprint density at radius 3 is 2.83 bits per heavy atom. The third-order valence-corrected chi connectivity index (χ3v) is 4.82. The molecule has 0 unspecified atom stereocenters. The van der Waals surface area contributed by atoms with Crippen molar-refractivity contribution < 1.29 is 19.4 Å². The Balaban J connectivity index is 1.36. The number of benzene rings is 2. The summed E-state index contributed by atoms with van der Waals surface area (Å²) in [6, 6.07) is 15.0. The van der Waals surface area contributed by atoms with E-state index in [2.05, 4.69) is 9.97 Å². The van der Waals surface area contributed by atoms with Crippen LogP contribution in [0.4, 0.5) is 0 Å². The summed E-state index contributed by atoms with van der Waals surface area (Å²) < 4.78 is 10.5. The Hall–Kier alpha value is -3.79. The summed E-state index contributed by atoms with van der Waals surface area (Å²) >= 11 is 0. The molecule has 1 aliphatic carbocycles. The van der Waals surface area contributed by atoms with Crippen LogP contribution in [0.2, 0.25) is 0 Å².